The van der Waals surface area contributed by atoms with E-state index in [0.717, 1.165) is 4.88 Å². The molecule has 4 heteroatoms. The number of ketones is 1. The monoisotopic (exact) mass is 259 g/mol. The topological polar surface area (TPSA) is 32.9 Å². The maximum Gasteiger partial charge on any atom is 0.205 e. The van der Waals surface area contributed by atoms with Crippen LogP contribution in [0.5, 0.6) is 0 Å². The first-order valence-electron chi connectivity index (χ1n) is 5.53. The molecule has 0 bridgehead atoms. The SMILES string of the molecule is Cc1ccc(C(=O)c2c[nH]c3cccc(F)c23)s1. The first-order chi connectivity index (χ1) is 8.66. The molecule has 0 spiro atoms. The number of aryl methyl sites for hydroxylation is 1. The molecule has 0 aliphatic carbocycles. The van der Waals surface area contributed by atoms with E-state index in [1.54, 1.807) is 24.4 Å². The summed E-state index contributed by atoms with van der Waals surface area (Å²) in [6.07, 6.45) is 1.57. The third-order valence-corrected chi connectivity index (χ3v) is 3.86. The van der Waals surface area contributed by atoms with Crippen molar-refractivity contribution in [1.29, 1.82) is 0 Å². The number of benzene rings is 1. The van der Waals surface area contributed by atoms with Gasteiger partial charge in [-0.25, -0.2) is 4.39 Å². The Bertz CT molecular complexity index is 741. The molecule has 0 unspecified atom stereocenters. The minimum atomic E-state index is -0.370. The number of hydrogen-bond donors (Lipinski definition) is 1. The van der Waals surface area contributed by atoms with Crippen LogP contribution >= 0.6 is 11.3 Å². The highest BCUT2D eigenvalue weighted by Gasteiger charge is 2.17. The molecule has 0 saturated carbocycles. The molecule has 2 heterocycles. The molecule has 0 atom stereocenters. The average molecular weight is 259 g/mol. The van der Waals surface area contributed by atoms with Crippen molar-refractivity contribution in [2.45, 2.75) is 6.92 Å². The molecule has 0 aliphatic heterocycles. The van der Waals surface area contributed by atoms with Crippen LogP contribution in [-0.2, 0) is 0 Å². The first kappa shape index (κ1) is 11.2. The minimum absolute atomic E-state index is 0.135. The third kappa shape index (κ3) is 1.66. The van der Waals surface area contributed by atoms with Gasteiger partial charge in [-0.3, -0.25) is 4.79 Å². The van der Waals surface area contributed by atoms with E-state index in [1.807, 2.05) is 13.0 Å². The molecule has 0 radical (unpaired) electrons. The summed E-state index contributed by atoms with van der Waals surface area (Å²) in [4.78, 5) is 16.9. The highest BCUT2D eigenvalue weighted by atomic mass is 32.1. The predicted molar refractivity (Wildman–Crippen MR) is 70.7 cm³/mol. The molecule has 2 aromatic heterocycles. The lowest BCUT2D eigenvalue weighted by atomic mass is 10.1. The Labute approximate surface area is 107 Å². The molecule has 3 aromatic rings. The fourth-order valence-electron chi connectivity index (χ4n) is 2.01. The van der Waals surface area contributed by atoms with Crippen molar-refractivity contribution in [3.63, 3.8) is 0 Å². The number of rotatable bonds is 2. The Morgan fingerprint density at radius 2 is 2.11 bits per heavy atom. The van der Waals surface area contributed by atoms with Gasteiger partial charge in [0.25, 0.3) is 0 Å². The van der Waals surface area contributed by atoms with Gasteiger partial charge in [0.15, 0.2) is 0 Å². The summed E-state index contributed by atoms with van der Waals surface area (Å²) in [6.45, 7) is 1.94. The molecule has 90 valence electrons. The quantitative estimate of drug-likeness (QED) is 0.695. The Morgan fingerprint density at radius 3 is 2.83 bits per heavy atom. The van der Waals surface area contributed by atoms with Gasteiger partial charge in [-0.05, 0) is 31.2 Å². The number of aromatic nitrogens is 1. The van der Waals surface area contributed by atoms with E-state index in [9.17, 15) is 9.18 Å². The number of hydrogen-bond acceptors (Lipinski definition) is 2. The number of H-pyrrole nitrogens is 1. The van der Waals surface area contributed by atoms with Gasteiger partial charge < -0.3 is 4.98 Å². The van der Waals surface area contributed by atoms with Crippen molar-refractivity contribution in [3.05, 3.63) is 57.7 Å². The Kier molecular flexibility index (Phi) is 2.52. The van der Waals surface area contributed by atoms with Crippen LogP contribution < -0.4 is 0 Å². The first-order valence-corrected chi connectivity index (χ1v) is 6.35. The summed E-state index contributed by atoms with van der Waals surface area (Å²) < 4.78 is 13.8. The molecule has 1 aromatic carbocycles. The van der Waals surface area contributed by atoms with E-state index < -0.39 is 0 Å². The second kappa shape index (κ2) is 4.07. The van der Waals surface area contributed by atoms with Crippen molar-refractivity contribution in [3.8, 4) is 0 Å². The van der Waals surface area contributed by atoms with Gasteiger partial charge in [0.05, 0.1) is 10.4 Å². The van der Waals surface area contributed by atoms with Crippen molar-refractivity contribution in [1.82, 2.24) is 4.98 Å². The summed E-state index contributed by atoms with van der Waals surface area (Å²) in [5, 5.41) is 0.369. The average Bonchev–Trinajstić information content (AvgIpc) is 2.95. The molecule has 1 N–H and O–H groups in total. The van der Waals surface area contributed by atoms with Gasteiger partial charge in [-0.15, -0.1) is 11.3 Å². The van der Waals surface area contributed by atoms with Crippen LogP contribution in [0.2, 0.25) is 0 Å². The summed E-state index contributed by atoms with van der Waals surface area (Å²) in [7, 11) is 0. The molecule has 18 heavy (non-hydrogen) atoms. The van der Waals surface area contributed by atoms with Crippen molar-refractivity contribution in [2.24, 2.45) is 0 Å². The summed E-state index contributed by atoms with van der Waals surface area (Å²) >= 11 is 1.42. The smallest absolute Gasteiger partial charge is 0.205 e. The van der Waals surface area contributed by atoms with E-state index in [4.69, 9.17) is 0 Å². The molecule has 0 aliphatic rings. The second-order valence-electron chi connectivity index (χ2n) is 4.10. The summed E-state index contributed by atoms with van der Waals surface area (Å²) in [6, 6.07) is 8.42. The number of carbonyl (C=O) groups excluding carboxylic acids is 1. The van der Waals surface area contributed by atoms with Gasteiger partial charge in [-0.1, -0.05) is 6.07 Å². The van der Waals surface area contributed by atoms with Crippen LogP contribution in [0, 0.1) is 12.7 Å². The number of aromatic amines is 1. The number of fused-ring (bicyclic) bond motifs is 1. The normalized spacial score (nSPS) is 11.0. The van der Waals surface area contributed by atoms with Gasteiger partial charge in [-0.2, -0.15) is 0 Å². The van der Waals surface area contributed by atoms with Crippen molar-refractivity contribution < 1.29 is 9.18 Å². The molecule has 2 nitrogen and oxygen atoms in total. The molecule has 0 amide bonds. The number of carbonyl (C=O) groups is 1. The van der Waals surface area contributed by atoms with Crippen LogP contribution in [0.4, 0.5) is 4.39 Å². The fraction of sp³-hybridized carbons (Fsp3) is 0.0714. The predicted octanol–water partition coefficient (Wildman–Crippen LogP) is 3.91. The molecule has 0 fully saturated rings. The molecule has 3 rings (SSSR count). The zero-order valence-corrected chi connectivity index (χ0v) is 10.5. The van der Waals surface area contributed by atoms with Gasteiger partial charge in [0.2, 0.25) is 5.78 Å². The fourth-order valence-corrected chi connectivity index (χ4v) is 2.83. The lowest BCUT2D eigenvalue weighted by Gasteiger charge is -1.97. The van der Waals surface area contributed by atoms with Crippen LogP contribution in [0.25, 0.3) is 10.9 Å². The minimum Gasteiger partial charge on any atom is -0.360 e. The number of halogens is 1. The van der Waals surface area contributed by atoms with Crippen LogP contribution in [0.3, 0.4) is 0 Å². The van der Waals surface area contributed by atoms with E-state index in [1.165, 1.54) is 17.4 Å². The van der Waals surface area contributed by atoms with Crippen LogP contribution in [0.1, 0.15) is 20.1 Å². The van der Waals surface area contributed by atoms with E-state index >= 15 is 0 Å². The standard InChI is InChI=1S/C14H10FNOS/c1-8-5-6-12(18-8)14(17)9-7-16-11-4-2-3-10(15)13(9)11/h2-7,16H,1H3. The largest absolute Gasteiger partial charge is 0.360 e. The third-order valence-electron chi connectivity index (χ3n) is 2.86. The van der Waals surface area contributed by atoms with E-state index in [-0.39, 0.29) is 11.6 Å². The molecular weight excluding hydrogens is 249 g/mol. The summed E-state index contributed by atoms with van der Waals surface area (Å²) in [5.74, 6) is -0.505. The second-order valence-corrected chi connectivity index (χ2v) is 5.39. The Morgan fingerprint density at radius 1 is 1.28 bits per heavy atom. The van der Waals surface area contributed by atoms with Gasteiger partial charge in [0.1, 0.15) is 5.82 Å². The summed E-state index contributed by atoms with van der Waals surface area (Å²) in [5.41, 5.74) is 1.04. The maximum absolute atomic E-state index is 13.8. The highest BCUT2D eigenvalue weighted by molar-refractivity contribution is 7.14. The lowest BCUT2D eigenvalue weighted by Crippen LogP contribution is -1.97. The highest BCUT2D eigenvalue weighted by Crippen LogP contribution is 2.26. The van der Waals surface area contributed by atoms with Crippen LogP contribution in [-0.4, -0.2) is 10.8 Å². The molecular formula is C14H10FNOS. The van der Waals surface area contributed by atoms with E-state index in [2.05, 4.69) is 4.98 Å². The van der Waals surface area contributed by atoms with Crippen LogP contribution in [0.15, 0.2) is 36.5 Å². The van der Waals surface area contributed by atoms with Crippen molar-refractivity contribution in [2.75, 3.05) is 0 Å². The number of thiophene rings is 1. The maximum atomic E-state index is 13.8. The Balaban J connectivity index is 2.18. The van der Waals surface area contributed by atoms with Crippen molar-refractivity contribution >= 4 is 28.0 Å². The van der Waals surface area contributed by atoms with Gasteiger partial charge in [0, 0.05) is 22.0 Å². The zero-order valence-electron chi connectivity index (χ0n) is 9.66. The lowest BCUT2D eigenvalue weighted by molar-refractivity contribution is 0.104. The van der Waals surface area contributed by atoms with Gasteiger partial charge >= 0.3 is 0 Å². The Hall–Kier alpha value is -1.94. The number of nitrogens with one attached hydrogen (secondary N) is 1. The molecule has 0 saturated heterocycles. The zero-order chi connectivity index (χ0) is 12.7. The van der Waals surface area contributed by atoms with E-state index in [0.29, 0.717) is 21.3 Å².